The van der Waals surface area contributed by atoms with Crippen molar-refractivity contribution in [2.75, 3.05) is 0 Å². The zero-order valence-corrected chi connectivity index (χ0v) is 38.1. The molecule has 62 heavy (non-hydrogen) atoms. The van der Waals surface area contributed by atoms with Crippen LogP contribution in [0.25, 0.3) is 0 Å². The van der Waals surface area contributed by atoms with Crippen molar-refractivity contribution in [1.82, 2.24) is 20.3 Å². The molecule has 2 heterocycles. The Morgan fingerprint density at radius 1 is 0.661 bits per heavy atom. The van der Waals surface area contributed by atoms with Crippen LogP contribution in [0.1, 0.15) is 172 Å². The number of hydrogen-bond acceptors (Lipinski definition) is 13. The maximum atomic E-state index is 12.7. The molecule has 6 rings (SSSR count). The lowest BCUT2D eigenvalue weighted by molar-refractivity contribution is -0.155. The smallest absolute Gasteiger partial charge is 0.307 e. The number of esters is 1. The van der Waals surface area contributed by atoms with Crippen molar-refractivity contribution < 1.29 is 45.3 Å². The number of sulfone groups is 2. The molecule has 4 aromatic rings. The van der Waals surface area contributed by atoms with Gasteiger partial charge in [-0.1, -0.05) is 137 Å². The van der Waals surface area contributed by atoms with E-state index in [1.54, 1.807) is 48.5 Å². The summed E-state index contributed by atoms with van der Waals surface area (Å²) in [6, 6.07) is 16.3. The van der Waals surface area contributed by atoms with Crippen molar-refractivity contribution >= 4 is 31.6 Å². The molecule has 2 aliphatic carbocycles. The van der Waals surface area contributed by atoms with Crippen molar-refractivity contribution in [3.05, 3.63) is 84.1 Å². The molecule has 2 aliphatic rings. The number of aliphatic carboxylic acids is 1. The summed E-state index contributed by atoms with van der Waals surface area (Å²) < 4.78 is 66.5. The van der Waals surface area contributed by atoms with Gasteiger partial charge in [-0.15, -0.1) is 0 Å². The fraction of sp³-hybridized carbons (Fsp3) is 0.609. The zero-order chi connectivity index (χ0) is 44.6. The molecule has 0 aliphatic heterocycles. The first-order valence-electron chi connectivity index (χ1n) is 22.2. The van der Waals surface area contributed by atoms with Gasteiger partial charge in [0.05, 0.1) is 22.6 Å². The third-order valence-corrected chi connectivity index (χ3v) is 14.8. The highest BCUT2D eigenvalue weighted by Gasteiger charge is 2.29. The summed E-state index contributed by atoms with van der Waals surface area (Å²) in [7, 11) is -7.16. The quantitative estimate of drug-likeness (QED) is 0.0819. The van der Waals surface area contributed by atoms with E-state index < -0.39 is 37.2 Å². The maximum Gasteiger partial charge on any atom is 0.307 e. The van der Waals surface area contributed by atoms with Gasteiger partial charge < -0.3 is 18.9 Å². The minimum Gasteiger partial charge on any atom is -0.481 e. The molecule has 0 bridgehead atoms. The molecule has 14 nitrogen and oxygen atoms in total. The van der Waals surface area contributed by atoms with Crippen LogP contribution in [0.3, 0.4) is 0 Å². The Hall–Kier alpha value is -4.44. The molecule has 16 heteroatoms. The summed E-state index contributed by atoms with van der Waals surface area (Å²) in [5, 5.41) is 17.0. The molecule has 1 N–H and O–H groups in total. The normalized spacial score (nSPS) is 16.5. The van der Waals surface area contributed by atoms with Crippen molar-refractivity contribution in [3.8, 4) is 0 Å². The van der Waals surface area contributed by atoms with E-state index in [0.717, 1.165) is 43.9 Å². The highest BCUT2D eigenvalue weighted by molar-refractivity contribution is 7.91. The molecule has 2 atom stereocenters. The second-order valence-corrected chi connectivity index (χ2v) is 21.9. The lowest BCUT2D eigenvalue weighted by Crippen LogP contribution is -2.25. The van der Waals surface area contributed by atoms with Crippen molar-refractivity contribution in [2.45, 2.75) is 175 Å². The van der Waals surface area contributed by atoms with Crippen LogP contribution in [0, 0.1) is 11.8 Å². The predicted octanol–water partition coefficient (Wildman–Crippen LogP) is 9.96. The van der Waals surface area contributed by atoms with E-state index in [-0.39, 0.29) is 63.6 Å². The second kappa shape index (κ2) is 23.3. The van der Waals surface area contributed by atoms with Crippen LogP contribution < -0.4 is 0 Å². The van der Waals surface area contributed by atoms with Crippen LogP contribution >= 0.6 is 0 Å². The minimum absolute atomic E-state index is 0.0616. The van der Waals surface area contributed by atoms with E-state index in [0.29, 0.717) is 12.3 Å². The number of carboxylic acid groups (broad SMARTS) is 1. The molecule has 0 amide bonds. The Bertz CT molecular complexity index is 2190. The summed E-state index contributed by atoms with van der Waals surface area (Å²) in [6.45, 7) is 5.51. The van der Waals surface area contributed by atoms with Gasteiger partial charge in [-0.3, -0.25) is 9.59 Å². The molecular formula is C46H64N4O10S2. The number of hydrogen-bond donors (Lipinski definition) is 1. The number of rotatable bonds is 20. The fourth-order valence-electron chi connectivity index (χ4n) is 8.42. The fourth-order valence-corrected chi connectivity index (χ4v) is 10.8. The van der Waals surface area contributed by atoms with Crippen LogP contribution in [0.2, 0.25) is 0 Å². The lowest BCUT2D eigenvalue weighted by Gasteiger charge is -2.23. The first kappa shape index (κ1) is 48.6. The Morgan fingerprint density at radius 2 is 1.06 bits per heavy atom. The van der Waals surface area contributed by atoms with Gasteiger partial charge in [0.15, 0.2) is 31.3 Å². The van der Waals surface area contributed by atoms with Gasteiger partial charge in [0.1, 0.15) is 17.1 Å². The van der Waals surface area contributed by atoms with Gasteiger partial charge in [-0.05, 0) is 69.7 Å². The Morgan fingerprint density at radius 3 is 1.45 bits per heavy atom. The van der Waals surface area contributed by atoms with Gasteiger partial charge in [-0.25, -0.2) is 16.8 Å². The van der Waals surface area contributed by atoms with Crippen molar-refractivity contribution in [1.29, 1.82) is 0 Å². The Kier molecular flexibility index (Phi) is 18.3. The van der Waals surface area contributed by atoms with Crippen LogP contribution in [-0.2, 0) is 45.5 Å². The van der Waals surface area contributed by atoms with Crippen molar-refractivity contribution in [3.63, 3.8) is 0 Å². The van der Waals surface area contributed by atoms with Gasteiger partial charge in [-0.2, -0.15) is 9.97 Å². The molecule has 0 radical (unpaired) electrons. The van der Waals surface area contributed by atoms with Gasteiger partial charge in [0.25, 0.3) is 0 Å². The van der Waals surface area contributed by atoms with Gasteiger partial charge in [0.2, 0.25) is 11.8 Å². The molecule has 0 saturated heterocycles. The SMILES string of the molecule is CC(C)(C)OC(=O)C[C@@H](CCCC1CCCCC1)c1nc(CS(=O)(=O)c2ccccc2)no1.O=C(O)C[C@@H](CCCC1CCCCC1)c1nc(CS(=O)(=O)c2ccccc2)no1. The zero-order valence-electron chi connectivity index (χ0n) is 36.5. The summed E-state index contributed by atoms with van der Waals surface area (Å²) in [5.74, 6) is -0.478. The highest BCUT2D eigenvalue weighted by atomic mass is 32.2. The molecule has 2 saturated carbocycles. The monoisotopic (exact) mass is 896 g/mol. The first-order valence-corrected chi connectivity index (χ1v) is 25.5. The molecule has 340 valence electrons. The van der Waals surface area contributed by atoms with Crippen molar-refractivity contribution in [2.24, 2.45) is 11.8 Å². The van der Waals surface area contributed by atoms with Gasteiger partial charge >= 0.3 is 11.9 Å². The third kappa shape index (κ3) is 16.4. The van der Waals surface area contributed by atoms with E-state index in [2.05, 4.69) is 20.3 Å². The average Bonchev–Trinajstić information content (AvgIpc) is 3.90. The number of carboxylic acids is 1. The van der Waals surface area contributed by atoms with E-state index in [4.69, 9.17) is 13.8 Å². The van der Waals surface area contributed by atoms with Crippen LogP contribution in [0.4, 0.5) is 0 Å². The number of nitrogens with zero attached hydrogens (tertiary/aromatic N) is 4. The van der Waals surface area contributed by atoms with E-state index in [1.807, 2.05) is 20.8 Å². The largest absolute Gasteiger partial charge is 0.481 e. The summed E-state index contributed by atoms with van der Waals surface area (Å²) in [4.78, 5) is 32.8. The maximum absolute atomic E-state index is 12.7. The second-order valence-electron chi connectivity index (χ2n) is 17.9. The van der Waals surface area contributed by atoms with E-state index in [1.165, 1.54) is 76.3 Å². The van der Waals surface area contributed by atoms with E-state index in [9.17, 15) is 31.5 Å². The predicted molar refractivity (Wildman–Crippen MR) is 232 cm³/mol. The van der Waals surface area contributed by atoms with Crippen LogP contribution in [0.5, 0.6) is 0 Å². The number of carbonyl (C=O) groups excluding carboxylic acids is 1. The molecule has 2 fully saturated rings. The number of benzene rings is 2. The van der Waals surface area contributed by atoms with Crippen LogP contribution in [0.15, 0.2) is 79.5 Å². The Balaban J connectivity index is 0.000000236. The summed E-state index contributed by atoms with van der Waals surface area (Å²) in [6.07, 6.45) is 18.3. The third-order valence-electron chi connectivity index (χ3n) is 11.5. The summed E-state index contributed by atoms with van der Waals surface area (Å²) >= 11 is 0. The topological polar surface area (TPSA) is 210 Å². The van der Waals surface area contributed by atoms with E-state index >= 15 is 0 Å². The standard InChI is InChI=1S/C25H36N2O5S.C21H28N2O5S/c1-25(2,3)31-23(28)17-20(14-10-13-19-11-6-4-7-12-19)24-26-22(27-32-24)18-33(29,30)21-15-8-5-9-16-21;24-20(25)14-17(11-7-10-16-8-3-1-4-9-16)21-22-19(23-28-21)15-29(26,27)18-12-5-2-6-13-18/h5,8-9,15-16,19-20H,4,6-7,10-14,17-18H2,1-3H3;2,5-6,12-13,16-17H,1,3-4,7-11,14-15H2,(H,24,25)/t20-;17-/m11/s1. The first-order chi connectivity index (χ1) is 29.6. The minimum atomic E-state index is -3.58. The Labute approximate surface area is 366 Å². The highest BCUT2D eigenvalue weighted by Crippen LogP contribution is 2.33. The number of carbonyl (C=O) groups is 2. The molecule has 2 aromatic heterocycles. The molecule has 0 unspecified atom stereocenters. The lowest BCUT2D eigenvalue weighted by atomic mass is 9.84. The summed E-state index contributed by atoms with van der Waals surface area (Å²) in [5.41, 5.74) is -0.576. The average molecular weight is 897 g/mol. The molecule has 0 spiro atoms. The molecular weight excluding hydrogens is 833 g/mol. The molecule has 2 aromatic carbocycles. The number of aromatic nitrogens is 4. The van der Waals surface area contributed by atoms with Crippen LogP contribution in [-0.4, -0.2) is 59.8 Å². The number of ether oxygens (including phenoxy) is 1. The van der Waals surface area contributed by atoms with Gasteiger partial charge in [0, 0.05) is 11.8 Å².